The highest BCUT2D eigenvalue weighted by atomic mass is 16.5. The lowest BCUT2D eigenvalue weighted by molar-refractivity contribution is -0.151. The molecule has 0 heterocycles. The molecule has 2 aliphatic rings. The molecule has 1 saturated carbocycles. The van der Waals surface area contributed by atoms with E-state index < -0.39 is 0 Å². The van der Waals surface area contributed by atoms with Gasteiger partial charge >= 0.3 is 5.97 Å². The van der Waals surface area contributed by atoms with Crippen LogP contribution in [0.2, 0.25) is 0 Å². The second-order valence-electron chi connectivity index (χ2n) is 6.88. The highest BCUT2D eigenvalue weighted by Gasteiger charge is 2.51. The minimum atomic E-state index is -0.221. The van der Waals surface area contributed by atoms with E-state index in [1.165, 1.54) is 12.5 Å². The highest BCUT2D eigenvalue weighted by Crippen LogP contribution is 2.56. The summed E-state index contributed by atoms with van der Waals surface area (Å²) in [5.41, 5.74) is 2.28. The standard InChI is InChI=1S/C16H24O3/c1-9-6-13(19-11(3)18)15-14(12(9)8-17)10(2)7-16(15,4)5/h8-10,13,15H,6-7H2,1-5H3/t9-,10-,13+,15-/m1/s1. The number of esters is 1. The summed E-state index contributed by atoms with van der Waals surface area (Å²) in [7, 11) is 0. The molecule has 0 unspecified atom stereocenters. The third kappa shape index (κ3) is 2.35. The summed E-state index contributed by atoms with van der Waals surface area (Å²) in [6, 6.07) is 0. The van der Waals surface area contributed by atoms with Gasteiger partial charge in [0.1, 0.15) is 12.4 Å². The zero-order valence-electron chi connectivity index (χ0n) is 12.5. The van der Waals surface area contributed by atoms with Crippen LogP contribution in [0.4, 0.5) is 0 Å². The Labute approximate surface area is 115 Å². The van der Waals surface area contributed by atoms with Crippen LogP contribution < -0.4 is 0 Å². The van der Waals surface area contributed by atoms with Crippen molar-refractivity contribution < 1.29 is 14.3 Å². The predicted octanol–water partition coefficient (Wildman–Crippen LogP) is 3.14. The number of carbonyl (C=O) groups excluding carboxylic acids is 2. The molecule has 0 bridgehead atoms. The molecule has 1 fully saturated rings. The van der Waals surface area contributed by atoms with E-state index in [0.717, 1.165) is 24.7 Å². The van der Waals surface area contributed by atoms with Gasteiger partial charge in [-0.25, -0.2) is 0 Å². The molecule has 0 amide bonds. The van der Waals surface area contributed by atoms with Crippen LogP contribution in [-0.4, -0.2) is 18.4 Å². The van der Waals surface area contributed by atoms with Gasteiger partial charge in [-0.2, -0.15) is 0 Å². The Morgan fingerprint density at radius 1 is 1.32 bits per heavy atom. The molecule has 106 valence electrons. The molecule has 4 atom stereocenters. The van der Waals surface area contributed by atoms with Crippen molar-refractivity contribution in [2.24, 2.45) is 23.2 Å². The van der Waals surface area contributed by atoms with Crippen molar-refractivity contribution in [1.29, 1.82) is 0 Å². The number of hydrogen-bond donors (Lipinski definition) is 0. The van der Waals surface area contributed by atoms with Crippen LogP contribution in [0, 0.1) is 23.2 Å². The maximum atomic E-state index is 11.4. The molecule has 0 aromatic carbocycles. The topological polar surface area (TPSA) is 43.4 Å². The lowest BCUT2D eigenvalue weighted by atomic mass is 9.69. The fourth-order valence-electron chi connectivity index (χ4n) is 4.33. The van der Waals surface area contributed by atoms with Crippen LogP contribution in [0.1, 0.15) is 47.5 Å². The van der Waals surface area contributed by atoms with Gasteiger partial charge in [0.15, 0.2) is 0 Å². The Kier molecular flexibility index (Phi) is 3.59. The summed E-state index contributed by atoms with van der Waals surface area (Å²) in [4.78, 5) is 22.8. The number of allylic oxidation sites excluding steroid dienone is 1. The first-order chi connectivity index (χ1) is 8.77. The summed E-state index contributed by atoms with van der Waals surface area (Å²) >= 11 is 0. The SMILES string of the molecule is CC(=O)O[C@H]1C[C@@H](C)C(C=O)=C2[C@H](C)CC(C)(C)[C@@H]21. The predicted molar refractivity (Wildman–Crippen MR) is 73.5 cm³/mol. The average molecular weight is 264 g/mol. The maximum Gasteiger partial charge on any atom is 0.302 e. The number of rotatable bonds is 2. The van der Waals surface area contributed by atoms with Crippen molar-refractivity contribution in [3.8, 4) is 0 Å². The lowest BCUT2D eigenvalue weighted by Crippen LogP contribution is -2.39. The lowest BCUT2D eigenvalue weighted by Gasteiger charge is -2.39. The number of carbonyl (C=O) groups is 2. The molecule has 0 aromatic heterocycles. The first-order valence-corrected chi connectivity index (χ1v) is 7.14. The minimum absolute atomic E-state index is 0.0776. The van der Waals surface area contributed by atoms with Crippen LogP contribution in [0.3, 0.4) is 0 Å². The van der Waals surface area contributed by atoms with Crippen LogP contribution in [0.15, 0.2) is 11.1 Å². The van der Waals surface area contributed by atoms with Gasteiger partial charge < -0.3 is 4.74 Å². The number of hydrogen-bond acceptors (Lipinski definition) is 3. The van der Waals surface area contributed by atoms with Gasteiger partial charge in [0.25, 0.3) is 0 Å². The van der Waals surface area contributed by atoms with Crippen molar-refractivity contribution in [1.82, 2.24) is 0 Å². The summed E-state index contributed by atoms with van der Waals surface area (Å²) in [6.45, 7) is 10.1. The normalized spacial score (nSPS) is 36.9. The van der Waals surface area contributed by atoms with Crippen LogP contribution in [0.25, 0.3) is 0 Å². The third-order valence-electron chi connectivity index (χ3n) is 4.81. The van der Waals surface area contributed by atoms with Crippen molar-refractivity contribution in [3.05, 3.63) is 11.1 Å². The first kappa shape index (κ1) is 14.3. The van der Waals surface area contributed by atoms with Gasteiger partial charge in [-0.3, -0.25) is 9.59 Å². The number of fused-ring (bicyclic) bond motifs is 1. The van der Waals surface area contributed by atoms with E-state index in [4.69, 9.17) is 4.74 Å². The minimum Gasteiger partial charge on any atom is -0.462 e. The molecule has 2 aliphatic carbocycles. The Hall–Kier alpha value is -1.12. The summed E-state index contributed by atoms with van der Waals surface area (Å²) < 4.78 is 5.56. The van der Waals surface area contributed by atoms with E-state index in [1.54, 1.807) is 0 Å². The second-order valence-corrected chi connectivity index (χ2v) is 6.88. The molecule has 0 aliphatic heterocycles. The summed E-state index contributed by atoms with van der Waals surface area (Å²) in [5, 5.41) is 0. The molecule has 2 rings (SSSR count). The average Bonchev–Trinajstić information content (AvgIpc) is 2.48. The van der Waals surface area contributed by atoms with Gasteiger partial charge in [-0.05, 0) is 35.7 Å². The van der Waals surface area contributed by atoms with Crippen molar-refractivity contribution >= 4 is 12.3 Å². The molecule has 0 N–H and O–H groups in total. The van der Waals surface area contributed by atoms with Gasteiger partial charge in [-0.1, -0.05) is 33.3 Å². The molecule has 3 heteroatoms. The van der Waals surface area contributed by atoms with Gasteiger partial charge in [0.05, 0.1) is 0 Å². The Morgan fingerprint density at radius 3 is 2.47 bits per heavy atom. The van der Waals surface area contributed by atoms with Crippen LogP contribution >= 0.6 is 0 Å². The Morgan fingerprint density at radius 2 is 1.95 bits per heavy atom. The molecule has 0 saturated heterocycles. The second kappa shape index (κ2) is 4.77. The molecule has 0 spiro atoms. The fourth-order valence-corrected chi connectivity index (χ4v) is 4.33. The first-order valence-electron chi connectivity index (χ1n) is 7.14. The molecular weight excluding hydrogens is 240 g/mol. The van der Waals surface area contributed by atoms with Gasteiger partial charge in [0, 0.05) is 12.8 Å². The van der Waals surface area contributed by atoms with Gasteiger partial charge in [-0.15, -0.1) is 0 Å². The Bertz CT molecular complexity index is 433. The largest absolute Gasteiger partial charge is 0.462 e. The van der Waals surface area contributed by atoms with E-state index >= 15 is 0 Å². The summed E-state index contributed by atoms with van der Waals surface area (Å²) in [5.74, 6) is 0.565. The molecule has 0 aromatic rings. The summed E-state index contributed by atoms with van der Waals surface area (Å²) in [6.07, 6.45) is 2.76. The van der Waals surface area contributed by atoms with Crippen molar-refractivity contribution in [2.75, 3.05) is 0 Å². The number of ether oxygens (including phenoxy) is 1. The highest BCUT2D eigenvalue weighted by molar-refractivity contribution is 5.77. The maximum absolute atomic E-state index is 11.4. The zero-order chi connectivity index (χ0) is 14.4. The molecule has 3 nitrogen and oxygen atoms in total. The molecule has 19 heavy (non-hydrogen) atoms. The van der Waals surface area contributed by atoms with E-state index in [0.29, 0.717) is 5.92 Å². The zero-order valence-corrected chi connectivity index (χ0v) is 12.5. The quantitative estimate of drug-likeness (QED) is 0.568. The van der Waals surface area contributed by atoms with E-state index in [2.05, 4.69) is 27.7 Å². The van der Waals surface area contributed by atoms with Crippen molar-refractivity contribution in [3.63, 3.8) is 0 Å². The number of aldehydes is 1. The third-order valence-corrected chi connectivity index (χ3v) is 4.81. The fraction of sp³-hybridized carbons (Fsp3) is 0.750. The monoisotopic (exact) mass is 264 g/mol. The van der Waals surface area contributed by atoms with Crippen molar-refractivity contribution in [2.45, 2.75) is 53.6 Å². The van der Waals surface area contributed by atoms with Crippen LogP contribution in [0.5, 0.6) is 0 Å². The van der Waals surface area contributed by atoms with Gasteiger partial charge in [0.2, 0.25) is 0 Å². The molecular formula is C16H24O3. The Balaban J connectivity index is 2.48. The van der Waals surface area contributed by atoms with Crippen LogP contribution in [-0.2, 0) is 14.3 Å². The van der Waals surface area contributed by atoms with E-state index in [-0.39, 0.29) is 29.3 Å². The smallest absolute Gasteiger partial charge is 0.302 e. The van der Waals surface area contributed by atoms with E-state index in [9.17, 15) is 9.59 Å². The molecule has 0 radical (unpaired) electrons. The van der Waals surface area contributed by atoms with E-state index in [1.807, 2.05) is 0 Å².